The van der Waals surface area contributed by atoms with Gasteiger partial charge in [0.2, 0.25) is 5.95 Å². The van der Waals surface area contributed by atoms with E-state index in [0.29, 0.717) is 30.6 Å². The highest BCUT2D eigenvalue weighted by Gasteiger charge is 2.38. The molecule has 37 heavy (non-hydrogen) atoms. The van der Waals surface area contributed by atoms with E-state index in [1.807, 2.05) is 0 Å². The third-order valence-corrected chi connectivity index (χ3v) is 6.14. The number of fused-ring (bicyclic) bond motifs is 2. The molecule has 2 amide bonds. The van der Waals surface area contributed by atoms with Crippen LogP contribution in [0.4, 0.5) is 24.8 Å². The number of hydrogen-bond donors (Lipinski definition) is 3. The minimum atomic E-state index is -4.67. The maximum atomic E-state index is 13.6. The molecular formula is C24H19Cl2F3N6O2. The van der Waals surface area contributed by atoms with E-state index in [-0.39, 0.29) is 46.2 Å². The predicted octanol–water partition coefficient (Wildman–Crippen LogP) is 5.83. The number of H-pyrrole nitrogens is 1. The first-order valence-electron chi connectivity index (χ1n) is 11.0. The van der Waals surface area contributed by atoms with Crippen molar-refractivity contribution >= 4 is 58.5 Å². The Kier molecular flexibility index (Phi) is 7.37. The zero-order valence-corrected chi connectivity index (χ0v) is 20.5. The van der Waals surface area contributed by atoms with Crippen molar-refractivity contribution in [2.45, 2.75) is 31.9 Å². The summed E-state index contributed by atoms with van der Waals surface area (Å²) < 4.78 is 40.7. The lowest BCUT2D eigenvalue weighted by atomic mass is 9.94. The van der Waals surface area contributed by atoms with E-state index >= 15 is 0 Å². The van der Waals surface area contributed by atoms with Gasteiger partial charge in [0.25, 0.3) is 11.8 Å². The molecule has 0 spiro atoms. The fraction of sp³-hybridized carbons (Fsp3) is 0.208. The molecule has 3 heterocycles. The summed E-state index contributed by atoms with van der Waals surface area (Å²) in [5.41, 5.74) is 0.390. The van der Waals surface area contributed by atoms with Crippen molar-refractivity contribution in [3.8, 4) is 0 Å². The Hall–Kier alpha value is -3.70. The van der Waals surface area contributed by atoms with Crippen molar-refractivity contribution < 1.29 is 22.8 Å². The lowest BCUT2D eigenvalue weighted by Gasteiger charge is -2.20. The smallest absolute Gasteiger partial charge is 0.346 e. The molecule has 1 aliphatic rings. The molecule has 4 aromatic rings. The molecule has 0 aliphatic heterocycles. The van der Waals surface area contributed by atoms with Crippen molar-refractivity contribution in [2.24, 2.45) is 0 Å². The highest BCUT2D eigenvalue weighted by Crippen LogP contribution is 2.35. The Labute approximate surface area is 219 Å². The van der Waals surface area contributed by atoms with Gasteiger partial charge in [0, 0.05) is 28.4 Å². The minimum Gasteiger partial charge on any atom is -0.346 e. The third kappa shape index (κ3) is 5.52. The SMILES string of the molecule is Cl.O=C(Nc1nc2c(c(C(F)(F)F)n1)CCCC2)c1ccc(Cl)c(C(=O)Nc2cnc3[nH]ccc3c2)c1. The van der Waals surface area contributed by atoms with Crippen molar-refractivity contribution in [2.75, 3.05) is 10.6 Å². The molecule has 0 fully saturated rings. The Balaban J connectivity index is 0.00000320. The Morgan fingerprint density at radius 2 is 1.78 bits per heavy atom. The number of alkyl halides is 3. The molecular weight excluding hydrogens is 532 g/mol. The second-order valence-electron chi connectivity index (χ2n) is 8.27. The second kappa shape index (κ2) is 10.3. The quantitative estimate of drug-likeness (QED) is 0.296. The number of hydrogen-bond acceptors (Lipinski definition) is 5. The molecule has 1 aliphatic carbocycles. The Morgan fingerprint density at radius 1 is 1.00 bits per heavy atom. The van der Waals surface area contributed by atoms with Gasteiger partial charge in [0.1, 0.15) is 5.65 Å². The van der Waals surface area contributed by atoms with Gasteiger partial charge in [-0.15, -0.1) is 12.4 Å². The number of rotatable bonds is 4. The number of halogens is 5. The molecule has 0 saturated carbocycles. The minimum absolute atomic E-state index is 0. The lowest BCUT2D eigenvalue weighted by Crippen LogP contribution is -2.22. The van der Waals surface area contributed by atoms with Gasteiger partial charge in [-0.2, -0.15) is 13.2 Å². The van der Waals surface area contributed by atoms with Crippen LogP contribution < -0.4 is 10.6 Å². The monoisotopic (exact) mass is 550 g/mol. The Morgan fingerprint density at radius 3 is 2.57 bits per heavy atom. The highest BCUT2D eigenvalue weighted by atomic mass is 35.5. The van der Waals surface area contributed by atoms with Crippen LogP contribution in [0.3, 0.4) is 0 Å². The summed E-state index contributed by atoms with van der Waals surface area (Å²) in [4.78, 5) is 40.6. The Bertz CT molecular complexity index is 1510. The molecule has 8 nitrogen and oxygen atoms in total. The second-order valence-corrected chi connectivity index (χ2v) is 8.68. The van der Waals surface area contributed by atoms with Crippen LogP contribution in [-0.2, 0) is 19.0 Å². The van der Waals surface area contributed by atoms with E-state index in [1.165, 1.54) is 24.4 Å². The van der Waals surface area contributed by atoms with Crippen molar-refractivity contribution in [1.29, 1.82) is 0 Å². The van der Waals surface area contributed by atoms with Gasteiger partial charge in [0.15, 0.2) is 5.69 Å². The number of anilines is 2. The number of benzene rings is 1. The first kappa shape index (κ1) is 26.4. The average molecular weight is 551 g/mol. The average Bonchev–Trinajstić information content (AvgIpc) is 3.31. The van der Waals surface area contributed by atoms with Gasteiger partial charge in [-0.05, 0) is 56.0 Å². The fourth-order valence-corrected chi connectivity index (χ4v) is 4.31. The van der Waals surface area contributed by atoms with Gasteiger partial charge >= 0.3 is 6.18 Å². The summed E-state index contributed by atoms with van der Waals surface area (Å²) >= 11 is 6.19. The number of carbonyl (C=O) groups is 2. The molecule has 5 rings (SSSR count). The highest BCUT2D eigenvalue weighted by molar-refractivity contribution is 6.34. The van der Waals surface area contributed by atoms with Gasteiger partial charge < -0.3 is 10.3 Å². The number of amides is 2. The molecule has 0 atom stereocenters. The number of carbonyl (C=O) groups excluding carboxylic acids is 2. The largest absolute Gasteiger partial charge is 0.433 e. The fourth-order valence-electron chi connectivity index (χ4n) is 4.11. The van der Waals surface area contributed by atoms with Crippen LogP contribution in [0.15, 0.2) is 42.7 Å². The van der Waals surface area contributed by atoms with Gasteiger partial charge in [0.05, 0.1) is 22.5 Å². The maximum Gasteiger partial charge on any atom is 0.433 e. The number of nitrogens with one attached hydrogen (secondary N) is 3. The molecule has 3 N–H and O–H groups in total. The van der Waals surface area contributed by atoms with Crippen LogP contribution in [0.25, 0.3) is 11.0 Å². The van der Waals surface area contributed by atoms with E-state index in [1.54, 1.807) is 18.3 Å². The summed E-state index contributed by atoms with van der Waals surface area (Å²) in [6.45, 7) is 0. The van der Waals surface area contributed by atoms with Crippen molar-refractivity contribution in [3.63, 3.8) is 0 Å². The van der Waals surface area contributed by atoms with Crippen molar-refractivity contribution in [1.82, 2.24) is 19.9 Å². The van der Waals surface area contributed by atoms with E-state index in [4.69, 9.17) is 11.6 Å². The van der Waals surface area contributed by atoms with Gasteiger partial charge in [-0.1, -0.05) is 11.6 Å². The zero-order chi connectivity index (χ0) is 25.4. The molecule has 0 bridgehead atoms. The molecule has 13 heteroatoms. The predicted molar refractivity (Wildman–Crippen MR) is 134 cm³/mol. The number of nitrogens with zero attached hydrogens (tertiary/aromatic N) is 3. The number of aromatic amines is 1. The molecule has 1 aromatic carbocycles. The van der Waals surface area contributed by atoms with E-state index < -0.39 is 29.6 Å². The maximum absolute atomic E-state index is 13.6. The van der Waals surface area contributed by atoms with E-state index in [9.17, 15) is 22.8 Å². The summed E-state index contributed by atoms with van der Waals surface area (Å²) in [5, 5.41) is 5.87. The standard InChI is InChI=1S/C24H18ClF3N6O2.ClH/c25-17-6-5-13(10-16(17)22(36)31-14-9-12-7-8-29-20(12)30-11-14)21(35)34-23-32-18-4-2-1-3-15(18)19(33-23)24(26,27)28;/h5-11H,1-4H2,(H,29,30)(H,31,36)(H,32,33,34,35);1H. The zero-order valence-electron chi connectivity index (χ0n) is 18.9. The summed E-state index contributed by atoms with van der Waals surface area (Å²) in [6.07, 6.45) is 0.443. The van der Waals surface area contributed by atoms with Crippen LogP contribution in [0.2, 0.25) is 5.02 Å². The lowest BCUT2D eigenvalue weighted by molar-refractivity contribution is -0.142. The van der Waals surface area contributed by atoms with Crippen LogP contribution in [0.1, 0.15) is 50.5 Å². The van der Waals surface area contributed by atoms with E-state index in [0.717, 1.165) is 5.39 Å². The van der Waals surface area contributed by atoms with Gasteiger partial charge in [-0.3, -0.25) is 14.9 Å². The summed E-state index contributed by atoms with van der Waals surface area (Å²) in [5.74, 6) is -1.81. The topological polar surface area (TPSA) is 113 Å². The first-order valence-corrected chi connectivity index (χ1v) is 11.4. The third-order valence-electron chi connectivity index (χ3n) is 5.81. The molecule has 192 valence electrons. The normalized spacial score (nSPS) is 13.0. The first-order chi connectivity index (χ1) is 17.2. The van der Waals surface area contributed by atoms with Crippen molar-refractivity contribution in [3.05, 3.63) is 75.8 Å². The number of aryl methyl sites for hydroxylation is 1. The number of pyridine rings is 1. The molecule has 0 saturated heterocycles. The molecule has 0 unspecified atom stereocenters. The van der Waals surface area contributed by atoms with Crippen LogP contribution in [0, 0.1) is 0 Å². The van der Waals surface area contributed by atoms with Gasteiger partial charge in [-0.25, -0.2) is 15.0 Å². The van der Waals surface area contributed by atoms with Crippen LogP contribution >= 0.6 is 24.0 Å². The number of aromatic nitrogens is 4. The molecule has 0 radical (unpaired) electrons. The van der Waals surface area contributed by atoms with E-state index in [2.05, 4.69) is 30.6 Å². The summed E-state index contributed by atoms with van der Waals surface area (Å²) in [6, 6.07) is 7.47. The molecule has 3 aromatic heterocycles. The van der Waals surface area contributed by atoms with Crippen LogP contribution in [-0.4, -0.2) is 31.8 Å². The summed E-state index contributed by atoms with van der Waals surface area (Å²) in [7, 11) is 0. The van der Waals surface area contributed by atoms with Crippen LogP contribution in [0.5, 0.6) is 0 Å².